The van der Waals surface area contributed by atoms with E-state index in [-0.39, 0.29) is 5.91 Å². The number of thiazole rings is 1. The summed E-state index contributed by atoms with van der Waals surface area (Å²) in [6.07, 6.45) is 2.91. The number of nitrogens with two attached hydrogens (primary N) is 1. The minimum atomic E-state index is -0.651. The molecular weight excluding hydrogens is 262 g/mol. The predicted octanol–water partition coefficient (Wildman–Crippen LogP) is 1.02. The normalized spacial score (nSPS) is 24.3. The summed E-state index contributed by atoms with van der Waals surface area (Å²) in [7, 11) is 0. The van der Waals surface area contributed by atoms with Gasteiger partial charge in [-0.3, -0.25) is 4.79 Å². The summed E-state index contributed by atoms with van der Waals surface area (Å²) in [4.78, 5) is 18.5. The van der Waals surface area contributed by atoms with Crippen molar-refractivity contribution < 1.29 is 9.90 Å². The molecule has 1 aliphatic rings. The highest BCUT2D eigenvalue weighted by molar-refractivity contribution is 7.09. The first-order valence-electron chi connectivity index (χ1n) is 6.68. The highest BCUT2D eigenvalue weighted by Gasteiger charge is 2.28. The number of aromatic nitrogens is 1. The third-order valence-electron chi connectivity index (χ3n) is 3.48. The Morgan fingerprint density at radius 2 is 2.37 bits per heavy atom. The number of aliphatic hydroxyl groups is 1. The first kappa shape index (κ1) is 14.4. The van der Waals surface area contributed by atoms with Crippen LogP contribution in [0.3, 0.4) is 0 Å². The highest BCUT2D eigenvalue weighted by Crippen LogP contribution is 2.22. The average Bonchev–Trinajstić information content (AvgIpc) is 2.74. The quantitative estimate of drug-likeness (QED) is 0.868. The van der Waals surface area contributed by atoms with E-state index in [9.17, 15) is 9.90 Å². The van der Waals surface area contributed by atoms with Crippen LogP contribution >= 0.6 is 11.3 Å². The Morgan fingerprint density at radius 3 is 3.11 bits per heavy atom. The third-order valence-corrected chi connectivity index (χ3v) is 4.39. The van der Waals surface area contributed by atoms with E-state index in [1.165, 1.54) is 11.3 Å². The molecule has 0 aromatic carbocycles. The average molecular weight is 283 g/mol. The Bertz CT molecular complexity index is 445. The van der Waals surface area contributed by atoms with Crippen molar-refractivity contribution in [2.45, 2.75) is 38.2 Å². The molecule has 19 heavy (non-hydrogen) atoms. The van der Waals surface area contributed by atoms with Gasteiger partial charge in [0.25, 0.3) is 5.91 Å². The number of rotatable bonds is 3. The van der Waals surface area contributed by atoms with Crippen molar-refractivity contribution in [2.24, 2.45) is 5.73 Å². The molecule has 1 aromatic heterocycles. The molecule has 1 saturated heterocycles. The van der Waals surface area contributed by atoms with Gasteiger partial charge in [0.15, 0.2) is 0 Å². The molecule has 1 fully saturated rings. The Kier molecular flexibility index (Phi) is 4.54. The van der Waals surface area contributed by atoms with E-state index in [2.05, 4.69) is 4.98 Å². The van der Waals surface area contributed by atoms with E-state index < -0.39 is 5.60 Å². The van der Waals surface area contributed by atoms with Gasteiger partial charge in [0, 0.05) is 24.9 Å². The van der Waals surface area contributed by atoms with Crippen LogP contribution in [0.1, 0.15) is 41.7 Å². The Labute approximate surface area is 117 Å². The Balaban J connectivity index is 2.02. The molecule has 1 amide bonds. The van der Waals surface area contributed by atoms with E-state index in [1.807, 2.05) is 6.92 Å². The second kappa shape index (κ2) is 5.98. The zero-order valence-corrected chi connectivity index (χ0v) is 12.1. The predicted molar refractivity (Wildman–Crippen MR) is 75.3 cm³/mol. The lowest BCUT2D eigenvalue weighted by Gasteiger charge is -2.22. The second-order valence-electron chi connectivity index (χ2n) is 5.31. The largest absolute Gasteiger partial charge is 0.390 e. The van der Waals surface area contributed by atoms with E-state index in [4.69, 9.17) is 5.73 Å². The van der Waals surface area contributed by atoms with Crippen molar-refractivity contribution in [3.05, 3.63) is 16.1 Å². The molecule has 106 valence electrons. The molecule has 2 rings (SSSR count). The van der Waals surface area contributed by atoms with Gasteiger partial charge in [-0.1, -0.05) is 0 Å². The van der Waals surface area contributed by atoms with Crippen LogP contribution in [0, 0.1) is 0 Å². The molecule has 5 nitrogen and oxygen atoms in total. The molecule has 0 saturated carbocycles. The van der Waals surface area contributed by atoms with Gasteiger partial charge in [-0.25, -0.2) is 4.98 Å². The van der Waals surface area contributed by atoms with Gasteiger partial charge in [0.05, 0.1) is 10.6 Å². The smallest absolute Gasteiger partial charge is 0.273 e. The van der Waals surface area contributed by atoms with Gasteiger partial charge in [-0.15, -0.1) is 11.3 Å². The Morgan fingerprint density at radius 1 is 1.58 bits per heavy atom. The molecule has 0 aliphatic carbocycles. The molecule has 2 heterocycles. The number of amides is 1. The topological polar surface area (TPSA) is 79.5 Å². The fourth-order valence-electron chi connectivity index (χ4n) is 2.28. The summed E-state index contributed by atoms with van der Waals surface area (Å²) >= 11 is 1.48. The molecule has 1 atom stereocenters. The molecule has 0 radical (unpaired) electrons. The van der Waals surface area contributed by atoms with Crippen molar-refractivity contribution in [3.8, 4) is 0 Å². The second-order valence-corrected chi connectivity index (χ2v) is 6.25. The number of likely N-dealkylation sites (tertiary alicyclic amines) is 1. The molecule has 1 unspecified atom stereocenters. The van der Waals surface area contributed by atoms with Crippen LogP contribution in [-0.2, 0) is 6.42 Å². The van der Waals surface area contributed by atoms with E-state index in [0.717, 1.165) is 17.8 Å². The minimum Gasteiger partial charge on any atom is -0.390 e. The number of hydrogen-bond donors (Lipinski definition) is 2. The lowest BCUT2D eigenvalue weighted by atomic mass is 9.98. The van der Waals surface area contributed by atoms with E-state index in [1.54, 1.807) is 10.3 Å². The number of hydrogen-bond acceptors (Lipinski definition) is 5. The monoisotopic (exact) mass is 283 g/mol. The van der Waals surface area contributed by atoms with Crippen molar-refractivity contribution in [3.63, 3.8) is 0 Å². The van der Waals surface area contributed by atoms with Crippen LogP contribution in [0.15, 0.2) is 5.38 Å². The first-order chi connectivity index (χ1) is 9.02. The van der Waals surface area contributed by atoms with Crippen LogP contribution in [0.2, 0.25) is 0 Å². The van der Waals surface area contributed by atoms with Crippen LogP contribution in [0.25, 0.3) is 0 Å². The van der Waals surface area contributed by atoms with Crippen molar-refractivity contribution in [1.82, 2.24) is 9.88 Å². The van der Waals surface area contributed by atoms with Gasteiger partial charge in [-0.2, -0.15) is 0 Å². The zero-order chi connectivity index (χ0) is 13.9. The minimum absolute atomic E-state index is 0.0304. The highest BCUT2D eigenvalue weighted by atomic mass is 32.1. The van der Waals surface area contributed by atoms with Gasteiger partial charge in [0.2, 0.25) is 0 Å². The van der Waals surface area contributed by atoms with Gasteiger partial charge >= 0.3 is 0 Å². The van der Waals surface area contributed by atoms with Crippen LogP contribution in [-0.4, -0.2) is 46.1 Å². The summed E-state index contributed by atoms with van der Waals surface area (Å²) in [6, 6.07) is 0. The Hall–Kier alpha value is -0.980. The molecular formula is C13H21N3O2S. The molecule has 6 heteroatoms. The number of carbonyl (C=O) groups is 1. The molecule has 0 bridgehead atoms. The van der Waals surface area contributed by atoms with Crippen LogP contribution in [0.4, 0.5) is 0 Å². The zero-order valence-electron chi connectivity index (χ0n) is 11.3. The first-order valence-corrected chi connectivity index (χ1v) is 7.56. The van der Waals surface area contributed by atoms with E-state index >= 15 is 0 Å². The third kappa shape index (κ3) is 3.75. The molecule has 1 aromatic rings. The summed E-state index contributed by atoms with van der Waals surface area (Å²) in [5.74, 6) is -0.0304. The lowest BCUT2D eigenvalue weighted by molar-refractivity contribution is 0.0437. The molecule has 3 N–H and O–H groups in total. The summed E-state index contributed by atoms with van der Waals surface area (Å²) in [5, 5.41) is 12.7. The van der Waals surface area contributed by atoms with Gasteiger partial charge in [-0.05, 0) is 32.7 Å². The van der Waals surface area contributed by atoms with Crippen molar-refractivity contribution in [1.29, 1.82) is 0 Å². The maximum atomic E-state index is 12.3. The molecule has 0 spiro atoms. The molecule has 1 aliphatic heterocycles. The fourth-order valence-corrected chi connectivity index (χ4v) is 3.06. The number of nitrogens with zero attached hydrogens (tertiary/aromatic N) is 2. The van der Waals surface area contributed by atoms with Crippen LogP contribution < -0.4 is 5.73 Å². The lowest BCUT2D eigenvalue weighted by Crippen LogP contribution is -2.33. The van der Waals surface area contributed by atoms with Gasteiger partial charge in [0.1, 0.15) is 5.69 Å². The van der Waals surface area contributed by atoms with Crippen molar-refractivity contribution in [2.75, 3.05) is 19.6 Å². The van der Waals surface area contributed by atoms with Crippen LogP contribution in [0.5, 0.6) is 0 Å². The number of carbonyl (C=O) groups excluding carboxylic acids is 1. The van der Waals surface area contributed by atoms with Crippen molar-refractivity contribution >= 4 is 17.2 Å². The maximum Gasteiger partial charge on any atom is 0.273 e. The SMILES string of the molecule is CC1(O)CCCN(C(=O)c2csc(CCN)n2)CC1. The maximum absolute atomic E-state index is 12.3. The summed E-state index contributed by atoms with van der Waals surface area (Å²) in [5.41, 5.74) is 5.34. The van der Waals surface area contributed by atoms with E-state index in [0.29, 0.717) is 38.2 Å². The fraction of sp³-hybridized carbons (Fsp3) is 0.692. The standard InChI is InChI=1S/C13H21N3O2S/c1-13(18)4-2-7-16(8-5-13)12(17)10-9-19-11(15-10)3-6-14/h9,18H,2-8,14H2,1H3. The summed E-state index contributed by atoms with van der Waals surface area (Å²) in [6.45, 7) is 3.67. The van der Waals surface area contributed by atoms with Gasteiger partial charge < -0.3 is 15.7 Å². The summed E-state index contributed by atoms with van der Waals surface area (Å²) < 4.78 is 0.